The van der Waals surface area contributed by atoms with Crippen LogP contribution in [0.4, 0.5) is 5.95 Å². The number of aryl methyl sites for hydroxylation is 1. The van der Waals surface area contributed by atoms with E-state index in [1.165, 1.54) is 23.5 Å². The molecule has 1 fully saturated rings. The maximum absolute atomic E-state index is 12.6. The molecular formula is C24H29N3O3S2. The molecule has 0 bridgehead atoms. The second-order valence-electron chi connectivity index (χ2n) is 7.46. The number of carbonyl (C=O) groups is 1. The molecule has 0 radical (unpaired) electrons. The highest BCUT2D eigenvalue weighted by atomic mass is 32.2. The molecule has 170 valence electrons. The Morgan fingerprint density at radius 2 is 1.94 bits per heavy atom. The molecule has 8 heteroatoms. The Kier molecular flexibility index (Phi) is 8.36. The highest BCUT2D eigenvalue weighted by Crippen LogP contribution is 2.43. The molecule has 0 atom stereocenters. The van der Waals surface area contributed by atoms with Crippen LogP contribution in [0.15, 0.2) is 48.5 Å². The van der Waals surface area contributed by atoms with Gasteiger partial charge in [0.25, 0.3) is 5.91 Å². The molecule has 6 nitrogen and oxygen atoms in total. The normalized spacial score (nSPS) is 14.5. The van der Waals surface area contributed by atoms with Gasteiger partial charge in [-0.15, -0.1) is 23.5 Å². The second kappa shape index (κ2) is 11.6. The van der Waals surface area contributed by atoms with Crippen molar-refractivity contribution >= 4 is 46.4 Å². The minimum Gasteiger partial charge on any atom is -0.484 e. The van der Waals surface area contributed by atoms with Gasteiger partial charge < -0.3 is 14.0 Å². The Morgan fingerprint density at radius 3 is 2.72 bits per heavy atom. The lowest BCUT2D eigenvalue weighted by atomic mass is 10.2. The summed E-state index contributed by atoms with van der Waals surface area (Å²) in [6, 6.07) is 16.0. The predicted octanol–water partition coefficient (Wildman–Crippen LogP) is 5.35. The van der Waals surface area contributed by atoms with E-state index in [2.05, 4.69) is 22.4 Å². The molecule has 1 aromatic heterocycles. The number of nitrogens with one attached hydrogen (secondary N) is 1. The molecular weight excluding hydrogens is 442 g/mol. The number of para-hydroxylation sites is 2. The quantitative estimate of drug-likeness (QED) is 0.402. The lowest BCUT2D eigenvalue weighted by Gasteiger charge is -2.21. The third kappa shape index (κ3) is 5.99. The number of amides is 1. The van der Waals surface area contributed by atoms with Crippen LogP contribution >= 0.6 is 23.5 Å². The number of anilines is 1. The maximum atomic E-state index is 12.6. The summed E-state index contributed by atoms with van der Waals surface area (Å²) in [6.07, 6.45) is 2.12. The first kappa shape index (κ1) is 23.0. The predicted molar refractivity (Wildman–Crippen MR) is 134 cm³/mol. The molecule has 1 aliphatic rings. The van der Waals surface area contributed by atoms with Crippen LogP contribution < -0.4 is 10.1 Å². The summed E-state index contributed by atoms with van der Waals surface area (Å²) in [5.41, 5.74) is 3.15. The van der Waals surface area contributed by atoms with E-state index < -0.39 is 0 Å². The lowest BCUT2D eigenvalue weighted by molar-refractivity contribution is -0.118. The molecule has 3 aromatic rings. The molecule has 32 heavy (non-hydrogen) atoms. The Balaban J connectivity index is 1.35. The van der Waals surface area contributed by atoms with E-state index in [-0.39, 0.29) is 12.5 Å². The molecule has 0 spiro atoms. The van der Waals surface area contributed by atoms with Crippen molar-refractivity contribution in [1.82, 2.24) is 9.55 Å². The third-order valence-corrected chi connectivity index (χ3v) is 8.14. The average Bonchev–Trinajstić information content (AvgIpc) is 3.18. The van der Waals surface area contributed by atoms with E-state index in [0.717, 1.165) is 24.0 Å². The van der Waals surface area contributed by atoms with Crippen molar-refractivity contribution in [3.05, 3.63) is 54.1 Å². The van der Waals surface area contributed by atoms with Crippen molar-refractivity contribution in [3.8, 4) is 5.75 Å². The first-order valence-corrected chi connectivity index (χ1v) is 13.1. The zero-order valence-corrected chi connectivity index (χ0v) is 19.9. The van der Waals surface area contributed by atoms with E-state index in [4.69, 9.17) is 9.47 Å². The summed E-state index contributed by atoms with van der Waals surface area (Å²) >= 11 is 3.99. The highest BCUT2D eigenvalue weighted by Gasteiger charge is 2.17. The van der Waals surface area contributed by atoms with E-state index in [9.17, 15) is 4.79 Å². The molecule has 1 N–H and O–H groups in total. The molecule has 0 unspecified atom stereocenters. The number of thioether (sulfide) groups is 2. The standard InChI is InChI=1S/C24H29N3O3S2/c1-2-29-14-5-13-27-21-8-4-3-7-20(21)25-24(27)26-22(28)17-30-19-11-9-18(10-12-19)23-31-15-6-16-32-23/h3-4,7-12,23H,2,5-6,13-17H2,1H3,(H,25,26,28). The first-order chi connectivity index (χ1) is 15.7. The molecule has 4 rings (SSSR count). The molecule has 0 aliphatic carbocycles. The van der Waals surface area contributed by atoms with Crippen LogP contribution in [-0.4, -0.2) is 46.8 Å². The van der Waals surface area contributed by atoms with Crippen LogP contribution in [-0.2, 0) is 16.1 Å². The Bertz CT molecular complexity index is 1020. The van der Waals surface area contributed by atoms with Crippen molar-refractivity contribution < 1.29 is 14.3 Å². The number of hydrogen-bond acceptors (Lipinski definition) is 6. The molecule has 2 heterocycles. The van der Waals surface area contributed by atoms with Gasteiger partial charge in [0.2, 0.25) is 5.95 Å². The summed E-state index contributed by atoms with van der Waals surface area (Å²) in [4.78, 5) is 17.2. The SMILES string of the molecule is CCOCCCn1c(NC(=O)COc2ccc(C3SCCCS3)cc2)nc2ccccc21. The van der Waals surface area contributed by atoms with Gasteiger partial charge in [0.15, 0.2) is 6.61 Å². The van der Waals surface area contributed by atoms with Crippen LogP contribution in [0.5, 0.6) is 5.75 Å². The van der Waals surface area contributed by atoms with Gasteiger partial charge in [-0.2, -0.15) is 0 Å². The Hall–Kier alpha value is -2.16. The van der Waals surface area contributed by atoms with Gasteiger partial charge in [0.1, 0.15) is 5.75 Å². The van der Waals surface area contributed by atoms with Crippen LogP contribution in [0.2, 0.25) is 0 Å². The number of aromatic nitrogens is 2. The molecule has 0 saturated carbocycles. The minimum atomic E-state index is -0.228. The van der Waals surface area contributed by atoms with E-state index >= 15 is 0 Å². The summed E-state index contributed by atoms with van der Waals surface area (Å²) in [7, 11) is 0. The molecule has 1 aliphatic heterocycles. The van der Waals surface area contributed by atoms with Crippen LogP contribution in [0, 0.1) is 0 Å². The van der Waals surface area contributed by atoms with Crippen molar-refractivity contribution in [1.29, 1.82) is 0 Å². The zero-order valence-electron chi connectivity index (χ0n) is 18.3. The van der Waals surface area contributed by atoms with Gasteiger partial charge in [0.05, 0.1) is 15.6 Å². The van der Waals surface area contributed by atoms with Gasteiger partial charge in [-0.05, 0) is 61.1 Å². The Morgan fingerprint density at radius 1 is 1.16 bits per heavy atom. The van der Waals surface area contributed by atoms with Gasteiger partial charge in [0, 0.05) is 19.8 Å². The maximum Gasteiger partial charge on any atom is 0.264 e. The highest BCUT2D eigenvalue weighted by molar-refractivity contribution is 8.16. The minimum absolute atomic E-state index is 0.0611. The number of nitrogens with zero attached hydrogens (tertiary/aromatic N) is 2. The van der Waals surface area contributed by atoms with E-state index in [0.29, 0.717) is 29.5 Å². The van der Waals surface area contributed by atoms with Gasteiger partial charge in [-0.25, -0.2) is 4.98 Å². The fourth-order valence-electron chi connectivity index (χ4n) is 3.58. The topological polar surface area (TPSA) is 65.4 Å². The zero-order chi connectivity index (χ0) is 22.2. The van der Waals surface area contributed by atoms with Crippen LogP contribution in [0.1, 0.15) is 29.9 Å². The molecule has 2 aromatic carbocycles. The number of hydrogen-bond donors (Lipinski definition) is 1. The summed E-state index contributed by atoms with van der Waals surface area (Å²) in [6.45, 7) is 4.02. The number of carbonyl (C=O) groups excluding carboxylic acids is 1. The number of ether oxygens (including phenoxy) is 2. The first-order valence-electron chi connectivity index (χ1n) is 11.0. The largest absolute Gasteiger partial charge is 0.484 e. The summed E-state index contributed by atoms with van der Waals surface area (Å²) < 4.78 is 13.7. The van der Waals surface area contributed by atoms with E-state index in [1.807, 2.05) is 71.4 Å². The number of benzene rings is 2. The van der Waals surface area contributed by atoms with Gasteiger partial charge >= 0.3 is 0 Å². The lowest BCUT2D eigenvalue weighted by Crippen LogP contribution is -2.22. The fraction of sp³-hybridized carbons (Fsp3) is 0.417. The summed E-state index contributed by atoms with van der Waals surface area (Å²) in [5, 5.41) is 2.91. The Labute approximate surface area is 197 Å². The van der Waals surface area contributed by atoms with Gasteiger partial charge in [-0.1, -0.05) is 24.3 Å². The number of rotatable bonds is 10. The van der Waals surface area contributed by atoms with Crippen LogP contribution in [0.3, 0.4) is 0 Å². The number of fused-ring (bicyclic) bond motifs is 1. The van der Waals surface area contributed by atoms with Crippen molar-refractivity contribution in [2.45, 2.75) is 30.9 Å². The fourth-order valence-corrected chi connectivity index (χ4v) is 6.47. The van der Waals surface area contributed by atoms with Gasteiger partial charge in [-0.3, -0.25) is 10.1 Å². The number of imidazole rings is 1. The monoisotopic (exact) mass is 471 g/mol. The summed E-state index contributed by atoms with van der Waals surface area (Å²) in [5.74, 6) is 3.44. The average molecular weight is 472 g/mol. The van der Waals surface area contributed by atoms with E-state index in [1.54, 1.807) is 0 Å². The molecule has 1 amide bonds. The van der Waals surface area contributed by atoms with Crippen LogP contribution in [0.25, 0.3) is 11.0 Å². The third-order valence-electron chi connectivity index (χ3n) is 5.13. The smallest absolute Gasteiger partial charge is 0.264 e. The van der Waals surface area contributed by atoms with Crippen molar-refractivity contribution in [2.75, 3.05) is 36.6 Å². The van der Waals surface area contributed by atoms with Crippen molar-refractivity contribution in [2.24, 2.45) is 0 Å². The van der Waals surface area contributed by atoms with Crippen molar-refractivity contribution in [3.63, 3.8) is 0 Å². The second-order valence-corrected chi connectivity index (χ2v) is 10.2. The molecule has 1 saturated heterocycles.